The highest BCUT2D eigenvalue weighted by Crippen LogP contribution is 2.21. The molecular weight excluding hydrogens is 312 g/mol. The van der Waals surface area contributed by atoms with Gasteiger partial charge in [0.05, 0.1) is 11.9 Å². The smallest absolute Gasteiger partial charge is 0.134 e. The van der Waals surface area contributed by atoms with E-state index in [1.54, 1.807) is 6.33 Å². The summed E-state index contributed by atoms with van der Waals surface area (Å²) in [6.45, 7) is 2.93. The minimum absolute atomic E-state index is 0.753. The van der Waals surface area contributed by atoms with Gasteiger partial charge in [-0.05, 0) is 25.0 Å². The van der Waals surface area contributed by atoms with E-state index < -0.39 is 0 Å². The molecule has 0 unspecified atom stereocenters. The van der Waals surface area contributed by atoms with Crippen LogP contribution in [0.3, 0.4) is 0 Å². The number of benzene rings is 1. The van der Waals surface area contributed by atoms with Crippen LogP contribution in [0.15, 0.2) is 55.1 Å². The van der Waals surface area contributed by atoms with Crippen molar-refractivity contribution in [3.8, 4) is 5.69 Å². The highest BCUT2D eigenvalue weighted by Gasteiger charge is 2.15. The van der Waals surface area contributed by atoms with Crippen LogP contribution in [0.2, 0.25) is 0 Å². The lowest BCUT2D eigenvalue weighted by Crippen LogP contribution is -2.21. The van der Waals surface area contributed by atoms with Gasteiger partial charge < -0.3 is 9.80 Å². The van der Waals surface area contributed by atoms with Crippen molar-refractivity contribution in [3.05, 3.63) is 60.7 Å². The van der Waals surface area contributed by atoms with E-state index in [1.807, 2.05) is 41.2 Å². The molecule has 0 amide bonds. The van der Waals surface area contributed by atoms with E-state index in [2.05, 4.69) is 44.2 Å². The first-order valence-corrected chi connectivity index (χ1v) is 8.67. The SMILES string of the molecule is CN(Cc1cnn(-c2ccccc2)c1)c1cc(N2CCCC2)ncn1. The molecule has 1 aliphatic heterocycles. The first-order valence-electron chi connectivity index (χ1n) is 8.67. The lowest BCUT2D eigenvalue weighted by atomic mass is 10.3. The van der Waals surface area contributed by atoms with Gasteiger partial charge in [-0.1, -0.05) is 18.2 Å². The fourth-order valence-corrected chi connectivity index (χ4v) is 3.18. The average molecular weight is 334 g/mol. The average Bonchev–Trinajstić information content (AvgIpc) is 3.35. The molecule has 0 aliphatic carbocycles. The van der Waals surface area contributed by atoms with Crippen LogP contribution < -0.4 is 9.80 Å². The Labute approximate surface area is 147 Å². The van der Waals surface area contributed by atoms with Crippen molar-refractivity contribution < 1.29 is 0 Å². The second-order valence-corrected chi connectivity index (χ2v) is 6.41. The molecule has 6 nitrogen and oxygen atoms in total. The van der Waals surface area contributed by atoms with Gasteiger partial charge >= 0.3 is 0 Å². The van der Waals surface area contributed by atoms with Crippen molar-refractivity contribution >= 4 is 11.6 Å². The molecule has 1 aromatic carbocycles. The fourth-order valence-electron chi connectivity index (χ4n) is 3.18. The molecule has 0 saturated carbocycles. The van der Waals surface area contributed by atoms with Gasteiger partial charge in [0, 0.05) is 44.5 Å². The van der Waals surface area contributed by atoms with Crippen molar-refractivity contribution in [2.24, 2.45) is 0 Å². The van der Waals surface area contributed by atoms with E-state index in [0.29, 0.717) is 0 Å². The number of aromatic nitrogens is 4. The number of hydrogen-bond acceptors (Lipinski definition) is 5. The minimum atomic E-state index is 0.753. The van der Waals surface area contributed by atoms with Gasteiger partial charge in [-0.25, -0.2) is 14.6 Å². The molecule has 0 bridgehead atoms. The number of hydrogen-bond donors (Lipinski definition) is 0. The zero-order chi connectivity index (χ0) is 17.1. The topological polar surface area (TPSA) is 50.1 Å². The zero-order valence-corrected chi connectivity index (χ0v) is 14.4. The van der Waals surface area contributed by atoms with Crippen LogP contribution in [-0.2, 0) is 6.54 Å². The van der Waals surface area contributed by atoms with Gasteiger partial charge in [0.2, 0.25) is 0 Å². The van der Waals surface area contributed by atoms with Crippen molar-refractivity contribution in [2.75, 3.05) is 29.9 Å². The third-order valence-corrected chi connectivity index (χ3v) is 4.54. The molecular formula is C19H22N6. The van der Waals surface area contributed by atoms with Crippen molar-refractivity contribution in [1.29, 1.82) is 0 Å². The summed E-state index contributed by atoms with van der Waals surface area (Å²) in [5.74, 6) is 1.96. The van der Waals surface area contributed by atoms with Crippen LogP contribution in [0.4, 0.5) is 11.6 Å². The van der Waals surface area contributed by atoms with Gasteiger partial charge in [0.25, 0.3) is 0 Å². The summed E-state index contributed by atoms with van der Waals surface area (Å²) in [7, 11) is 2.05. The predicted octanol–water partition coefficient (Wildman–Crippen LogP) is 2.90. The zero-order valence-electron chi connectivity index (χ0n) is 14.4. The molecule has 1 saturated heterocycles. The molecule has 2 aromatic heterocycles. The lowest BCUT2D eigenvalue weighted by molar-refractivity contribution is 0.868. The van der Waals surface area contributed by atoms with E-state index >= 15 is 0 Å². The normalized spacial score (nSPS) is 14.0. The highest BCUT2D eigenvalue weighted by atomic mass is 15.3. The monoisotopic (exact) mass is 334 g/mol. The Kier molecular flexibility index (Phi) is 4.33. The summed E-state index contributed by atoms with van der Waals surface area (Å²) in [5, 5.41) is 4.46. The number of para-hydroxylation sites is 1. The lowest BCUT2D eigenvalue weighted by Gasteiger charge is -2.20. The van der Waals surface area contributed by atoms with Gasteiger partial charge in [0.15, 0.2) is 0 Å². The molecule has 3 heterocycles. The van der Waals surface area contributed by atoms with Crippen LogP contribution in [0.5, 0.6) is 0 Å². The molecule has 25 heavy (non-hydrogen) atoms. The second kappa shape index (κ2) is 6.93. The molecule has 0 atom stereocenters. The Balaban J connectivity index is 1.48. The molecule has 3 aromatic rings. The standard InChI is InChI=1S/C19H22N6/c1-23(18-11-19(21-15-20-18)24-9-5-6-10-24)13-16-12-22-25(14-16)17-7-3-2-4-8-17/h2-4,7-8,11-12,14-15H,5-6,9-10,13H2,1H3. The largest absolute Gasteiger partial charge is 0.356 e. The van der Waals surface area contributed by atoms with E-state index in [9.17, 15) is 0 Å². The summed E-state index contributed by atoms with van der Waals surface area (Å²) in [6.07, 6.45) is 8.12. The molecule has 4 rings (SSSR count). The first kappa shape index (κ1) is 15.6. The number of rotatable bonds is 5. The molecule has 0 spiro atoms. The number of anilines is 2. The van der Waals surface area contributed by atoms with Crippen molar-refractivity contribution in [1.82, 2.24) is 19.7 Å². The Bertz CT molecular complexity index is 823. The quantitative estimate of drug-likeness (QED) is 0.718. The van der Waals surface area contributed by atoms with Crippen molar-refractivity contribution in [3.63, 3.8) is 0 Å². The van der Waals surface area contributed by atoms with Crippen LogP contribution >= 0.6 is 0 Å². The third-order valence-electron chi connectivity index (χ3n) is 4.54. The van der Waals surface area contributed by atoms with Crippen molar-refractivity contribution in [2.45, 2.75) is 19.4 Å². The third kappa shape index (κ3) is 3.47. The summed E-state index contributed by atoms with van der Waals surface area (Å²) in [4.78, 5) is 13.3. The van der Waals surface area contributed by atoms with Gasteiger partial charge in [-0.2, -0.15) is 5.10 Å². The summed E-state index contributed by atoms with van der Waals surface area (Å²) >= 11 is 0. The molecule has 0 N–H and O–H groups in total. The van der Waals surface area contributed by atoms with Crippen LogP contribution in [0.1, 0.15) is 18.4 Å². The minimum Gasteiger partial charge on any atom is -0.356 e. The van der Waals surface area contributed by atoms with E-state index in [0.717, 1.165) is 42.5 Å². The Hall–Kier alpha value is -2.89. The highest BCUT2D eigenvalue weighted by molar-refractivity contribution is 5.50. The summed E-state index contributed by atoms with van der Waals surface area (Å²) in [6, 6.07) is 12.2. The van der Waals surface area contributed by atoms with Gasteiger partial charge in [0.1, 0.15) is 18.0 Å². The molecule has 1 fully saturated rings. The van der Waals surface area contributed by atoms with Gasteiger partial charge in [-0.3, -0.25) is 0 Å². The Morgan fingerprint density at radius 1 is 1.08 bits per heavy atom. The Morgan fingerprint density at radius 3 is 2.68 bits per heavy atom. The maximum atomic E-state index is 4.46. The molecule has 128 valence electrons. The summed E-state index contributed by atoms with van der Waals surface area (Å²) in [5.41, 5.74) is 2.21. The molecule has 1 aliphatic rings. The van der Waals surface area contributed by atoms with E-state index in [1.165, 1.54) is 12.8 Å². The Morgan fingerprint density at radius 2 is 1.88 bits per heavy atom. The van der Waals surface area contributed by atoms with Crippen LogP contribution in [0, 0.1) is 0 Å². The van der Waals surface area contributed by atoms with E-state index in [-0.39, 0.29) is 0 Å². The molecule has 0 radical (unpaired) electrons. The van der Waals surface area contributed by atoms with Gasteiger partial charge in [-0.15, -0.1) is 0 Å². The number of nitrogens with zero attached hydrogens (tertiary/aromatic N) is 6. The van der Waals surface area contributed by atoms with Crippen LogP contribution in [0.25, 0.3) is 5.69 Å². The van der Waals surface area contributed by atoms with Crippen LogP contribution in [-0.4, -0.2) is 39.9 Å². The van der Waals surface area contributed by atoms with E-state index in [4.69, 9.17) is 0 Å². The maximum absolute atomic E-state index is 4.46. The maximum Gasteiger partial charge on any atom is 0.134 e. The fraction of sp³-hybridized carbons (Fsp3) is 0.316. The molecule has 6 heteroatoms. The second-order valence-electron chi connectivity index (χ2n) is 6.41. The first-order chi connectivity index (χ1) is 12.3. The predicted molar refractivity (Wildman–Crippen MR) is 99.2 cm³/mol. The summed E-state index contributed by atoms with van der Waals surface area (Å²) < 4.78 is 1.90.